The molecule has 1 unspecified atom stereocenters. The Morgan fingerprint density at radius 2 is 2.24 bits per heavy atom. The van der Waals surface area contributed by atoms with E-state index in [-0.39, 0.29) is 6.04 Å². The molecule has 1 aliphatic heterocycles. The molecule has 4 rings (SSSR count). The zero-order valence-corrected chi connectivity index (χ0v) is 16.0. The summed E-state index contributed by atoms with van der Waals surface area (Å²) in [6, 6.07) is 2.33. The molecular weight excluding hydrogens is 354 g/mol. The van der Waals surface area contributed by atoms with Crippen molar-refractivity contribution in [2.24, 2.45) is 0 Å². The van der Waals surface area contributed by atoms with E-state index in [4.69, 9.17) is 4.74 Å². The molecule has 6 nitrogen and oxygen atoms in total. The Hall–Kier alpha value is -1.61. The van der Waals surface area contributed by atoms with Crippen LogP contribution >= 0.6 is 22.7 Å². The van der Waals surface area contributed by atoms with Crippen LogP contribution in [-0.2, 0) is 24.4 Å². The lowest BCUT2D eigenvalue weighted by Gasteiger charge is -2.33. The lowest BCUT2D eigenvalue weighted by Crippen LogP contribution is -2.39. The summed E-state index contributed by atoms with van der Waals surface area (Å²) in [4.78, 5) is 12.6. The normalized spacial score (nSPS) is 17.8. The van der Waals surface area contributed by atoms with Crippen LogP contribution in [0, 0.1) is 13.8 Å². The Labute approximate surface area is 155 Å². The molecule has 0 aliphatic carbocycles. The molecule has 0 saturated heterocycles. The van der Waals surface area contributed by atoms with Crippen LogP contribution in [-0.4, -0.2) is 37.8 Å². The van der Waals surface area contributed by atoms with Gasteiger partial charge in [0.1, 0.15) is 0 Å². The van der Waals surface area contributed by atoms with Crippen LogP contribution in [0.25, 0.3) is 0 Å². The van der Waals surface area contributed by atoms with Crippen LogP contribution in [0.1, 0.15) is 33.0 Å². The van der Waals surface area contributed by atoms with Gasteiger partial charge < -0.3 is 4.74 Å². The van der Waals surface area contributed by atoms with Crippen molar-refractivity contribution in [1.82, 2.24) is 24.6 Å². The van der Waals surface area contributed by atoms with E-state index < -0.39 is 0 Å². The molecular formula is C17H21N5OS2. The van der Waals surface area contributed by atoms with Crippen molar-refractivity contribution in [3.8, 4) is 0 Å². The molecule has 1 atom stereocenters. The van der Waals surface area contributed by atoms with Crippen molar-refractivity contribution in [2.45, 2.75) is 39.6 Å². The Bertz CT molecular complexity index is 840. The molecule has 3 aromatic heterocycles. The van der Waals surface area contributed by atoms with Gasteiger partial charge in [-0.1, -0.05) is 0 Å². The summed E-state index contributed by atoms with van der Waals surface area (Å²) in [5.41, 5.74) is 5.31. The Morgan fingerprint density at radius 1 is 1.32 bits per heavy atom. The van der Waals surface area contributed by atoms with E-state index in [0.29, 0.717) is 13.2 Å². The second kappa shape index (κ2) is 7.33. The quantitative estimate of drug-likeness (QED) is 0.662. The molecule has 0 amide bonds. The minimum absolute atomic E-state index is 0.228. The van der Waals surface area contributed by atoms with Gasteiger partial charge in [-0.3, -0.25) is 9.58 Å². The van der Waals surface area contributed by atoms with Crippen molar-refractivity contribution >= 4 is 22.7 Å². The number of ether oxygens (including phenoxy) is 1. The first-order valence-electron chi connectivity index (χ1n) is 8.31. The zero-order chi connectivity index (χ0) is 17.2. The van der Waals surface area contributed by atoms with E-state index in [1.165, 1.54) is 10.6 Å². The van der Waals surface area contributed by atoms with E-state index in [1.54, 1.807) is 22.7 Å². The first kappa shape index (κ1) is 16.8. The molecule has 0 spiro atoms. The molecule has 4 heterocycles. The van der Waals surface area contributed by atoms with Gasteiger partial charge in [0.05, 0.1) is 46.9 Å². The highest BCUT2D eigenvalue weighted by Crippen LogP contribution is 2.24. The number of hydrogen-bond donors (Lipinski definition) is 0. The van der Waals surface area contributed by atoms with Gasteiger partial charge in [-0.25, -0.2) is 9.97 Å². The molecule has 0 saturated carbocycles. The van der Waals surface area contributed by atoms with Gasteiger partial charge in [0, 0.05) is 36.1 Å². The highest BCUT2D eigenvalue weighted by Gasteiger charge is 2.26. The molecule has 132 valence electrons. The predicted octanol–water partition coefficient (Wildman–Crippen LogP) is 3.19. The largest absolute Gasteiger partial charge is 0.373 e. The fourth-order valence-corrected chi connectivity index (χ4v) is 4.58. The molecule has 8 heteroatoms. The van der Waals surface area contributed by atoms with Crippen LogP contribution in [0.4, 0.5) is 0 Å². The predicted molar refractivity (Wildman–Crippen MR) is 98.7 cm³/mol. The smallest absolute Gasteiger partial charge is 0.0898 e. The lowest BCUT2D eigenvalue weighted by molar-refractivity contribution is 0.0523. The van der Waals surface area contributed by atoms with Gasteiger partial charge in [0.2, 0.25) is 0 Å². The van der Waals surface area contributed by atoms with Crippen LogP contribution in [0.2, 0.25) is 0 Å². The Kier molecular flexibility index (Phi) is 4.93. The Balaban J connectivity index is 1.41. The first-order valence-corrected chi connectivity index (χ1v) is 10.1. The molecule has 0 aromatic carbocycles. The minimum atomic E-state index is 0.228. The zero-order valence-electron chi connectivity index (χ0n) is 14.4. The van der Waals surface area contributed by atoms with Crippen molar-refractivity contribution < 1.29 is 4.74 Å². The van der Waals surface area contributed by atoms with Gasteiger partial charge in [-0.2, -0.15) is 5.10 Å². The van der Waals surface area contributed by atoms with Crippen LogP contribution in [0.5, 0.6) is 0 Å². The highest BCUT2D eigenvalue weighted by atomic mass is 32.1. The van der Waals surface area contributed by atoms with Gasteiger partial charge in [-0.15, -0.1) is 22.7 Å². The molecule has 0 fully saturated rings. The summed E-state index contributed by atoms with van der Waals surface area (Å²) in [6.07, 6.45) is 1.88. The molecule has 1 aliphatic rings. The summed E-state index contributed by atoms with van der Waals surface area (Å²) in [5, 5.41) is 7.65. The summed E-state index contributed by atoms with van der Waals surface area (Å²) < 4.78 is 8.07. The second-order valence-corrected chi connectivity index (χ2v) is 8.33. The molecule has 25 heavy (non-hydrogen) atoms. The summed E-state index contributed by atoms with van der Waals surface area (Å²) in [7, 11) is 0. The number of rotatable bonds is 6. The summed E-state index contributed by atoms with van der Waals surface area (Å²) in [6.45, 7) is 8.08. The fourth-order valence-electron chi connectivity index (χ4n) is 3.16. The third-order valence-corrected chi connectivity index (χ3v) is 6.13. The number of fused-ring (bicyclic) bond motifs is 1. The van der Waals surface area contributed by atoms with Crippen LogP contribution in [0.15, 0.2) is 23.2 Å². The number of hydrogen-bond acceptors (Lipinski definition) is 7. The van der Waals surface area contributed by atoms with Gasteiger partial charge in [0.25, 0.3) is 0 Å². The van der Waals surface area contributed by atoms with Gasteiger partial charge in [0.15, 0.2) is 0 Å². The minimum Gasteiger partial charge on any atom is -0.373 e. The number of aromatic nitrogens is 4. The van der Waals surface area contributed by atoms with Gasteiger partial charge >= 0.3 is 0 Å². The summed E-state index contributed by atoms with van der Waals surface area (Å²) in [5.74, 6) is 0. The van der Waals surface area contributed by atoms with Crippen molar-refractivity contribution in [3.05, 3.63) is 50.1 Å². The van der Waals surface area contributed by atoms with Crippen LogP contribution in [0.3, 0.4) is 0 Å². The van der Waals surface area contributed by atoms with E-state index in [0.717, 1.165) is 36.0 Å². The van der Waals surface area contributed by atoms with E-state index in [2.05, 4.69) is 43.0 Å². The lowest BCUT2D eigenvalue weighted by atomic mass is 10.2. The van der Waals surface area contributed by atoms with Crippen molar-refractivity contribution in [3.63, 3.8) is 0 Å². The Morgan fingerprint density at radius 3 is 3.00 bits per heavy atom. The third-order valence-electron chi connectivity index (χ3n) is 4.39. The average Bonchev–Trinajstić information content (AvgIpc) is 3.30. The maximum Gasteiger partial charge on any atom is 0.0898 e. The number of aryl methyl sites for hydroxylation is 2. The SMILES string of the molecule is Cc1nc(COCC2CN(Cc3scnc3C)Cc3ccnn32)cs1. The average molecular weight is 376 g/mol. The van der Waals surface area contributed by atoms with E-state index in [1.807, 2.05) is 18.6 Å². The first-order chi connectivity index (χ1) is 12.2. The molecule has 3 aromatic rings. The van der Waals surface area contributed by atoms with Gasteiger partial charge in [-0.05, 0) is 19.9 Å². The highest BCUT2D eigenvalue weighted by molar-refractivity contribution is 7.09. The molecule has 0 bridgehead atoms. The third kappa shape index (κ3) is 3.82. The fraction of sp³-hybridized carbons (Fsp3) is 0.471. The number of thiazole rings is 2. The van der Waals surface area contributed by atoms with E-state index >= 15 is 0 Å². The van der Waals surface area contributed by atoms with E-state index in [9.17, 15) is 0 Å². The number of nitrogens with zero attached hydrogens (tertiary/aromatic N) is 5. The second-order valence-electron chi connectivity index (χ2n) is 6.32. The topological polar surface area (TPSA) is 56.1 Å². The monoisotopic (exact) mass is 375 g/mol. The van der Waals surface area contributed by atoms with Crippen molar-refractivity contribution in [2.75, 3.05) is 13.2 Å². The van der Waals surface area contributed by atoms with Crippen molar-refractivity contribution in [1.29, 1.82) is 0 Å². The standard InChI is InChI=1S/C17H21N5OS2/c1-12-17(25-11-18-12)7-21-5-15-3-4-19-22(15)16(6-21)9-23-8-14-10-24-13(2)20-14/h3-4,10-11,16H,5-9H2,1-2H3. The molecule has 0 N–H and O–H groups in total. The molecule has 0 radical (unpaired) electrons. The summed E-state index contributed by atoms with van der Waals surface area (Å²) >= 11 is 3.39. The van der Waals surface area contributed by atoms with Crippen LogP contribution < -0.4 is 0 Å². The maximum absolute atomic E-state index is 5.95. The maximum atomic E-state index is 5.95.